The molecule has 0 radical (unpaired) electrons. The van der Waals surface area contributed by atoms with Gasteiger partial charge in [0, 0.05) is 46.6 Å². The third-order valence-electron chi connectivity index (χ3n) is 6.36. The van der Waals surface area contributed by atoms with Gasteiger partial charge in [-0.15, -0.1) is 10.2 Å². The van der Waals surface area contributed by atoms with E-state index in [0.717, 1.165) is 82.2 Å². The van der Waals surface area contributed by atoms with Crippen molar-refractivity contribution >= 4 is 11.9 Å². The first kappa shape index (κ1) is 22.6. The average Bonchev–Trinajstić information content (AvgIpc) is 3.30. The molecule has 0 aromatic carbocycles. The monoisotopic (exact) mass is 417 g/mol. The number of carbonyl (C=O) groups excluding carboxylic acids is 1. The fourth-order valence-electron chi connectivity index (χ4n) is 4.72. The van der Waals surface area contributed by atoms with Crippen LogP contribution in [-0.4, -0.2) is 65.3 Å². The van der Waals surface area contributed by atoms with Crippen molar-refractivity contribution in [3.05, 3.63) is 11.6 Å². The maximum atomic E-state index is 12.8. The third-order valence-corrected chi connectivity index (χ3v) is 6.36. The molecule has 1 aromatic rings. The molecule has 0 spiro atoms. The summed E-state index contributed by atoms with van der Waals surface area (Å²) in [5.74, 6) is 3.28. The molecule has 8 heteroatoms. The van der Waals surface area contributed by atoms with Gasteiger partial charge in [0.05, 0.1) is 12.0 Å². The maximum Gasteiger partial charge on any atom is 0.230 e. The van der Waals surface area contributed by atoms with Crippen LogP contribution in [0, 0.1) is 5.41 Å². The zero-order valence-corrected chi connectivity index (χ0v) is 19.0. The van der Waals surface area contributed by atoms with Crippen molar-refractivity contribution in [3.8, 4) is 0 Å². The summed E-state index contributed by atoms with van der Waals surface area (Å²) in [4.78, 5) is 19.3. The number of rotatable bonds is 8. The van der Waals surface area contributed by atoms with E-state index in [1.165, 1.54) is 19.3 Å². The molecule has 1 amide bonds. The molecule has 1 aromatic heterocycles. The van der Waals surface area contributed by atoms with E-state index in [4.69, 9.17) is 4.99 Å². The first-order chi connectivity index (χ1) is 14.6. The molecule has 1 aliphatic heterocycles. The summed E-state index contributed by atoms with van der Waals surface area (Å²) in [5, 5.41) is 15.6. The van der Waals surface area contributed by atoms with Crippen molar-refractivity contribution in [2.75, 3.05) is 33.7 Å². The highest BCUT2D eigenvalue weighted by atomic mass is 16.2. The van der Waals surface area contributed by atoms with Crippen LogP contribution in [0.2, 0.25) is 0 Å². The number of hydrogen-bond acceptors (Lipinski definition) is 4. The summed E-state index contributed by atoms with van der Waals surface area (Å²) >= 11 is 0. The highest BCUT2D eigenvalue weighted by molar-refractivity contribution is 5.84. The Hall–Kier alpha value is -2.12. The van der Waals surface area contributed by atoms with Crippen molar-refractivity contribution in [3.63, 3.8) is 0 Å². The number of guanidine groups is 1. The van der Waals surface area contributed by atoms with Gasteiger partial charge in [-0.25, -0.2) is 0 Å². The first-order valence-corrected chi connectivity index (χ1v) is 11.7. The molecule has 1 saturated carbocycles. The van der Waals surface area contributed by atoms with E-state index >= 15 is 0 Å². The van der Waals surface area contributed by atoms with Crippen molar-refractivity contribution in [1.82, 2.24) is 30.3 Å². The Balaban J connectivity index is 1.53. The lowest BCUT2D eigenvalue weighted by molar-refractivity contribution is -0.138. The normalized spacial score (nSPS) is 18.6. The zero-order valence-electron chi connectivity index (χ0n) is 19.0. The lowest BCUT2D eigenvalue weighted by Gasteiger charge is -2.29. The van der Waals surface area contributed by atoms with Crippen LogP contribution < -0.4 is 10.6 Å². The van der Waals surface area contributed by atoms with Gasteiger partial charge in [0.25, 0.3) is 0 Å². The summed E-state index contributed by atoms with van der Waals surface area (Å²) in [5.41, 5.74) is -0.328. The van der Waals surface area contributed by atoms with E-state index in [2.05, 4.69) is 32.3 Å². The number of amides is 1. The maximum absolute atomic E-state index is 12.8. The number of nitrogens with zero attached hydrogens (tertiary/aromatic N) is 5. The summed E-state index contributed by atoms with van der Waals surface area (Å²) in [7, 11) is 3.70. The molecule has 0 bridgehead atoms. The van der Waals surface area contributed by atoms with Crippen LogP contribution in [0.5, 0.6) is 0 Å². The van der Waals surface area contributed by atoms with Crippen LogP contribution >= 0.6 is 0 Å². The highest BCUT2D eigenvalue weighted by Gasteiger charge is 2.42. The molecule has 0 saturated heterocycles. The fourth-order valence-corrected chi connectivity index (χ4v) is 4.72. The van der Waals surface area contributed by atoms with E-state index < -0.39 is 0 Å². The Kier molecular flexibility index (Phi) is 8.10. The summed E-state index contributed by atoms with van der Waals surface area (Å²) < 4.78 is 2.32. The molecule has 1 fully saturated rings. The average molecular weight is 418 g/mol. The van der Waals surface area contributed by atoms with Gasteiger partial charge in [0.15, 0.2) is 5.96 Å². The number of aliphatic imine (C=N–C) groups is 1. The van der Waals surface area contributed by atoms with Gasteiger partial charge in [0.2, 0.25) is 5.91 Å². The minimum Gasteiger partial charge on any atom is -0.357 e. The predicted octanol–water partition coefficient (Wildman–Crippen LogP) is 2.14. The lowest BCUT2D eigenvalue weighted by atomic mass is 9.85. The molecular weight excluding hydrogens is 378 g/mol. The smallest absolute Gasteiger partial charge is 0.230 e. The minimum atomic E-state index is -0.328. The van der Waals surface area contributed by atoms with Crippen LogP contribution in [-0.2, 0) is 24.2 Å². The molecule has 0 atom stereocenters. The van der Waals surface area contributed by atoms with Crippen LogP contribution in [0.3, 0.4) is 0 Å². The molecule has 8 nitrogen and oxygen atoms in total. The molecule has 168 valence electrons. The van der Waals surface area contributed by atoms with Crippen molar-refractivity contribution in [2.45, 2.75) is 77.7 Å². The number of nitrogens with one attached hydrogen (secondary N) is 2. The molecule has 2 aliphatic rings. The van der Waals surface area contributed by atoms with Gasteiger partial charge in [-0.05, 0) is 39.0 Å². The molecule has 2 N–H and O–H groups in total. The number of aryl methyl sites for hydroxylation is 2. The Labute approximate surface area is 180 Å². The number of hydrogen-bond donors (Lipinski definition) is 2. The molecular formula is C22H39N7O. The van der Waals surface area contributed by atoms with Gasteiger partial charge in [-0.3, -0.25) is 9.79 Å². The van der Waals surface area contributed by atoms with Crippen LogP contribution in [0.15, 0.2) is 4.99 Å². The van der Waals surface area contributed by atoms with E-state index in [9.17, 15) is 4.79 Å². The molecule has 3 rings (SSSR count). The first-order valence-electron chi connectivity index (χ1n) is 11.7. The second-order valence-electron chi connectivity index (χ2n) is 8.91. The standard InChI is InChI=1S/C22H39N7O/c1-4-23-21(25-17-22(13-7-8-14-22)20(30)28(2)3)24-15-10-12-19-27-26-18-11-6-5-9-16-29(18)19/h4-17H2,1-3H3,(H2,23,24,25). The Morgan fingerprint density at radius 1 is 1.13 bits per heavy atom. The van der Waals surface area contributed by atoms with Crippen LogP contribution in [0.4, 0.5) is 0 Å². The van der Waals surface area contributed by atoms with Crippen LogP contribution in [0.25, 0.3) is 0 Å². The molecule has 0 unspecified atom stereocenters. The predicted molar refractivity (Wildman–Crippen MR) is 119 cm³/mol. The lowest BCUT2D eigenvalue weighted by Crippen LogP contribution is -2.43. The Morgan fingerprint density at radius 3 is 2.67 bits per heavy atom. The Bertz CT molecular complexity index is 719. The molecule has 30 heavy (non-hydrogen) atoms. The zero-order chi connectivity index (χ0) is 21.4. The van der Waals surface area contributed by atoms with Gasteiger partial charge in [-0.1, -0.05) is 19.3 Å². The van der Waals surface area contributed by atoms with Gasteiger partial charge in [-0.2, -0.15) is 0 Å². The van der Waals surface area contributed by atoms with Gasteiger partial charge >= 0.3 is 0 Å². The minimum absolute atomic E-state index is 0.215. The Morgan fingerprint density at radius 2 is 1.93 bits per heavy atom. The van der Waals surface area contributed by atoms with Crippen LogP contribution in [0.1, 0.15) is 69.9 Å². The fraction of sp³-hybridized carbons (Fsp3) is 0.818. The second-order valence-corrected chi connectivity index (χ2v) is 8.91. The van der Waals surface area contributed by atoms with Crippen molar-refractivity contribution in [1.29, 1.82) is 0 Å². The van der Waals surface area contributed by atoms with Crippen molar-refractivity contribution < 1.29 is 4.79 Å². The van der Waals surface area contributed by atoms with E-state index in [1.807, 2.05) is 14.1 Å². The second kappa shape index (κ2) is 10.8. The summed E-state index contributed by atoms with van der Waals surface area (Å²) in [6.07, 6.45) is 10.8. The molecule has 1 aliphatic carbocycles. The SMILES string of the molecule is CCNC(=NCC1(C(=O)N(C)C)CCCC1)NCCCc1nnc2n1CCCCC2. The van der Waals surface area contributed by atoms with Gasteiger partial charge < -0.3 is 20.1 Å². The largest absolute Gasteiger partial charge is 0.357 e. The highest BCUT2D eigenvalue weighted by Crippen LogP contribution is 2.39. The molecule has 2 heterocycles. The summed E-state index contributed by atoms with van der Waals surface area (Å²) in [6.45, 7) is 5.30. The number of carbonyl (C=O) groups is 1. The van der Waals surface area contributed by atoms with E-state index in [-0.39, 0.29) is 11.3 Å². The number of aromatic nitrogens is 3. The van der Waals surface area contributed by atoms with Gasteiger partial charge in [0.1, 0.15) is 11.6 Å². The van der Waals surface area contributed by atoms with E-state index in [1.54, 1.807) is 4.90 Å². The summed E-state index contributed by atoms with van der Waals surface area (Å²) in [6, 6.07) is 0. The van der Waals surface area contributed by atoms with E-state index in [0.29, 0.717) is 6.54 Å². The number of fused-ring (bicyclic) bond motifs is 1. The topological polar surface area (TPSA) is 87.4 Å². The third kappa shape index (κ3) is 5.52. The quantitative estimate of drug-likeness (QED) is 0.384. The van der Waals surface area contributed by atoms with Crippen molar-refractivity contribution in [2.24, 2.45) is 10.4 Å².